The number of aryl methyl sites for hydroxylation is 1. The number of halogens is 2. The fourth-order valence-electron chi connectivity index (χ4n) is 2.76. The average molecular weight is 409 g/mol. The lowest BCUT2D eigenvalue weighted by atomic mass is 10.2. The van der Waals surface area contributed by atoms with Crippen LogP contribution in [0.1, 0.15) is 10.5 Å². The van der Waals surface area contributed by atoms with Gasteiger partial charge in [-0.1, -0.05) is 11.6 Å². The molecule has 6 nitrogen and oxygen atoms in total. The highest BCUT2D eigenvalue weighted by atomic mass is 35.5. The number of ether oxygens (including phenoxy) is 1. The van der Waals surface area contributed by atoms with Gasteiger partial charge in [0, 0.05) is 43.7 Å². The first kappa shape index (κ1) is 21.0. The molecule has 8 heteroatoms. The Morgan fingerprint density at radius 2 is 2.07 bits per heavy atom. The van der Waals surface area contributed by atoms with E-state index in [-0.39, 0.29) is 18.3 Å². The maximum atomic E-state index is 12.6. The zero-order chi connectivity index (χ0) is 18.7. The van der Waals surface area contributed by atoms with Crippen molar-refractivity contribution in [3.63, 3.8) is 0 Å². The summed E-state index contributed by atoms with van der Waals surface area (Å²) in [5, 5.41) is 4.46. The summed E-state index contributed by atoms with van der Waals surface area (Å²) in [6.07, 6.45) is 1.65. The number of pyridine rings is 1. The predicted octanol–water partition coefficient (Wildman–Crippen LogP) is 3.98. The highest BCUT2D eigenvalue weighted by Crippen LogP contribution is 2.23. The second kappa shape index (κ2) is 9.08. The van der Waals surface area contributed by atoms with Crippen molar-refractivity contribution in [1.29, 1.82) is 0 Å². The summed E-state index contributed by atoms with van der Waals surface area (Å²) in [6, 6.07) is 11.1. The lowest BCUT2D eigenvalue weighted by Gasteiger charge is -2.17. The third-order valence-electron chi connectivity index (χ3n) is 4.26. The lowest BCUT2D eigenvalue weighted by molar-refractivity contribution is 0.101. The maximum Gasteiger partial charge on any atom is 0.272 e. The Morgan fingerprint density at radius 1 is 1.30 bits per heavy atom. The van der Waals surface area contributed by atoms with Crippen LogP contribution in [-0.4, -0.2) is 42.8 Å². The minimum atomic E-state index is -0.192. The molecule has 0 aliphatic heterocycles. The molecule has 2 heterocycles. The maximum absolute atomic E-state index is 12.6. The van der Waals surface area contributed by atoms with E-state index in [1.807, 2.05) is 60.0 Å². The number of amides is 1. The van der Waals surface area contributed by atoms with E-state index in [2.05, 4.69) is 10.3 Å². The van der Waals surface area contributed by atoms with Crippen LogP contribution in [0.25, 0.3) is 10.9 Å². The van der Waals surface area contributed by atoms with Gasteiger partial charge in [0.15, 0.2) is 0 Å². The molecule has 3 aromatic rings. The van der Waals surface area contributed by atoms with Crippen molar-refractivity contribution in [3.05, 3.63) is 53.3 Å². The number of hydrogen-bond donors (Lipinski definition) is 1. The fourth-order valence-corrected chi connectivity index (χ4v) is 2.94. The first-order valence-electron chi connectivity index (χ1n) is 8.22. The second-order valence-electron chi connectivity index (χ2n) is 6.07. The number of nitrogens with one attached hydrogen (secondary N) is 1. The largest absolute Gasteiger partial charge is 0.383 e. The molecule has 0 saturated heterocycles. The molecule has 0 bridgehead atoms. The molecule has 27 heavy (non-hydrogen) atoms. The number of likely N-dealkylation sites (N-methyl/N-ethyl adjacent to an activating group) is 1. The standard InChI is InChI=1S/C19H21ClN4O2.ClH/c1-23(8-9-26-3)18-7-5-15(12-21-18)22-19(25)17-11-13-10-14(20)4-6-16(13)24(17)2;/h4-7,10-12H,8-9H2,1-3H3,(H,22,25);1H. The number of carbonyl (C=O) groups excluding carboxylic acids is 1. The molecule has 0 radical (unpaired) electrons. The first-order valence-corrected chi connectivity index (χ1v) is 8.60. The molecule has 0 fully saturated rings. The Kier molecular flexibility index (Phi) is 7.07. The number of carbonyl (C=O) groups is 1. The first-order chi connectivity index (χ1) is 12.5. The topological polar surface area (TPSA) is 59.4 Å². The molecular weight excluding hydrogens is 387 g/mol. The summed E-state index contributed by atoms with van der Waals surface area (Å²) in [7, 11) is 5.47. The van der Waals surface area contributed by atoms with Gasteiger partial charge in [0.05, 0.1) is 18.5 Å². The molecule has 0 unspecified atom stereocenters. The van der Waals surface area contributed by atoms with Crippen LogP contribution in [0.3, 0.4) is 0 Å². The molecule has 1 aromatic carbocycles. The minimum Gasteiger partial charge on any atom is -0.383 e. The van der Waals surface area contributed by atoms with Gasteiger partial charge in [-0.15, -0.1) is 12.4 Å². The van der Waals surface area contributed by atoms with Crippen LogP contribution < -0.4 is 10.2 Å². The number of methoxy groups -OCH3 is 1. The summed E-state index contributed by atoms with van der Waals surface area (Å²) in [4.78, 5) is 19.0. The van der Waals surface area contributed by atoms with Crippen molar-refractivity contribution in [3.8, 4) is 0 Å². The van der Waals surface area contributed by atoms with Crippen LogP contribution in [0.2, 0.25) is 5.02 Å². The van der Waals surface area contributed by atoms with Crippen molar-refractivity contribution >= 4 is 52.3 Å². The van der Waals surface area contributed by atoms with Crippen molar-refractivity contribution < 1.29 is 9.53 Å². The van der Waals surface area contributed by atoms with Crippen molar-refractivity contribution in [1.82, 2.24) is 9.55 Å². The Morgan fingerprint density at radius 3 is 2.74 bits per heavy atom. The monoisotopic (exact) mass is 408 g/mol. The number of nitrogens with zero attached hydrogens (tertiary/aromatic N) is 3. The van der Waals surface area contributed by atoms with E-state index in [1.54, 1.807) is 13.3 Å². The molecule has 144 valence electrons. The van der Waals surface area contributed by atoms with Crippen LogP contribution in [0.4, 0.5) is 11.5 Å². The Bertz CT molecular complexity index is 925. The number of anilines is 2. The number of aromatic nitrogens is 2. The molecular formula is C19H22Cl2N4O2. The van der Waals surface area contributed by atoms with Gasteiger partial charge in [-0.3, -0.25) is 4.79 Å². The normalized spacial score (nSPS) is 10.5. The molecule has 1 amide bonds. The zero-order valence-corrected chi connectivity index (χ0v) is 17.0. The summed E-state index contributed by atoms with van der Waals surface area (Å²) in [6.45, 7) is 1.37. The van der Waals surface area contributed by atoms with E-state index >= 15 is 0 Å². The Labute approximate surface area is 169 Å². The molecule has 1 N–H and O–H groups in total. The number of rotatable bonds is 6. The highest BCUT2D eigenvalue weighted by molar-refractivity contribution is 6.31. The van der Waals surface area contributed by atoms with E-state index in [0.717, 1.165) is 23.3 Å². The van der Waals surface area contributed by atoms with E-state index < -0.39 is 0 Å². The van der Waals surface area contributed by atoms with Crippen LogP contribution in [0, 0.1) is 0 Å². The molecule has 0 aliphatic carbocycles. The van der Waals surface area contributed by atoms with E-state index in [4.69, 9.17) is 16.3 Å². The van der Waals surface area contributed by atoms with Crippen LogP contribution in [0.5, 0.6) is 0 Å². The van der Waals surface area contributed by atoms with E-state index in [1.165, 1.54) is 0 Å². The molecule has 3 rings (SSSR count). The zero-order valence-electron chi connectivity index (χ0n) is 15.4. The smallest absolute Gasteiger partial charge is 0.272 e. The second-order valence-corrected chi connectivity index (χ2v) is 6.50. The van der Waals surface area contributed by atoms with Gasteiger partial charge < -0.3 is 19.5 Å². The van der Waals surface area contributed by atoms with Crippen molar-refractivity contribution in [2.24, 2.45) is 7.05 Å². The van der Waals surface area contributed by atoms with Crippen molar-refractivity contribution in [2.75, 3.05) is 37.5 Å². The lowest BCUT2D eigenvalue weighted by Crippen LogP contribution is -2.23. The third-order valence-corrected chi connectivity index (χ3v) is 4.50. The van der Waals surface area contributed by atoms with Gasteiger partial charge >= 0.3 is 0 Å². The molecule has 0 aliphatic rings. The summed E-state index contributed by atoms with van der Waals surface area (Å²) >= 11 is 6.03. The van der Waals surface area contributed by atoms with Gasteiger partial charge in [0.25, 0.3) is 5.91 Å². The Hall–Kier alpha value is -2.28. The Balaban J connectivity index is 0.00000261. The molecule has 2 aromatic heterocycles. The minimum absolute atomic E-state index is 0. The number of fused-ring (bicyclic) bond motifs is 1. The summed E-state index contributed by atoms with van der Waals surface area (Å²) in [5.74, 6) is 0.626. The van der Waals surface area contributed by atoms with Crippen molar-refractivity contribution in [2.45, 2.75) is 0 Å². The summed E-state index contributed by atoms with van der Waals surface area (Å²) in [5.41, 5.74) is 2.15. The quantitative estimate of drug-likeness (QED) is 0.669. The van der Waals surface area contributed by atoms with E-state index in [9.17, 15) is 4.79 Å². The van der Waals surface area contributed by atoms with Gasteiger partial charge in [-0.25, -0.2) is 4.98 Å². The number of hydrogen-bond acceptors (Lipinski definition) is 4. The summed E-state index contributed by atoms with van der Waals surface area (Å²) < 4.78 is 6.91. The van der Waals surface area contributed by atoms with Crippen LogP contribution >= 0.6 is 24.0 Å². The number of benzene rings is 1. The predicted molar refractivity (Wildman–Crippen MR) is 113 cm³/mol. The van der Waals surface area contributed by atoms with Gasteiger partial charge in [0.1, 0.15) is 11.5 Å². The highest BCUT2D eigenvalue weighted by Gasteiger charge is 2.14. The third kappa shape index (κ3) is 4.71. The van der Waals surface area contributed by atoms with E-state index in [0.29, 0.717) is 23.0 Å². The van der Waals surface area contributed by atoms with Gasteiger partial charge in [0.2, 0.25) is 0 Å². The molecule has 0 atom stereocenters. The SMILES string of the molecule is COCCN(C)c1ccc(NC(=O)c2cc3cc(Cl)ccc3n2C)cn1.Cl. The van der Waals surface area contributed by atoms with Gasteiger partial charge in [-0.05, 0) is 36.4 Å². The van der Waals surface area contributed by atoms with Gasteiger partial charge in [-0.2, -0.15) is 0 Å². The molecule has 0 saturated carbocycles. The molecule has 0 spiro atoms. The average Bonchev–Trinajstić information content (AvgIpc) is 2.96. The van der Waals surface area contributed by atoms with Crippen LogP contribution in [-0.2, 0) is 11.8 Å². The fraction of sp³-hybridized carbons (Fsp3) is 0.263. The van der Waals surface area contributed by atoms with Crippen LogP contribution in [0.15, 0.2) is 42.6 Å².